The second-order valence-corrected chi connectivity index (χ2v) is 9.28. The van der Waals surface area contributed by atoms with E-state index in [4.69, 9.17) is 5.73 Å². The summed E-state index contributed by atoms with van der Waals surface area (Å²) in [6, 6.07) is 0.505. The fourth-order valence-corrected chi connectivity index (χ4v) is 7.28. The lowest BCUT2D eigenvalue weighted by atomic mass is 9.45. The van der Waals surface area contributed by atoms with Gasteiger partial charge in [0.15, 0.2) is 0 Å². The normalized spacial score (nSPS) is 58.6. The van der Waals surface area contributed by atoms with E-state index in [0.29, 0.717) is 11.5 Å². The van der Waals surface area contributed by atoms with Gasteiger partial charge in [0.25, 0.3) is 0 Å². The van der Waals surface area contributed by atoms with Crippen molar-refractivity contribution in [2.75, 3.05) is 0 Å². The molecule has 0 saturated heterocycles. The van der Waals surface area contributed by atoms with E-state index in [2.05, 4.69) is 13.8 Å². The van der Waals surface area contributed by atoms with Crippen LogP contribution in [0.5, 0.6) is 0 Å². The van der Waals surface area contributed by atoms with Crippen molar-refractivity contribution >= 4 is 0 Å². The Labute approximate surface area is 125 Å². The van der Waals surface area contributed by atoms with Gasteiger partial charge in [-0.25, -0.2) is 0 Å². The highest BCUT2D eigenvalue weighted by Gasteiger charge is 2.57. The summed E-state index contributed by atoms with van der Waals surface area (Å²) in [5.74, 6) is 4.10. The Morgan fingerprint density at radius 3 is 2.55 bits per heavy atom. The first-order valence-electron chi connectivity index (χ1n) is 9.28. The minimum atomic E-state index is 0.505. The van der Waals surface area contributed by atoms with E-state index in [1.807, 2.05) is 0 Å². The predicted octanol–water partition coefficient (Wildman–Crippen LogP) is 4.75. The van der Waals surface area contributed by atoms with Gasteiger partial charge in [-0.15, -0.1) is 0 Å². The first-order valence-corrected chi connectivity index (χ1v) is 9.28. The molecule has 4 aliphatic rings. The molecule has 4 rings (SSSR count). The van der Waals surface area contributed by atoms with E-state index in [-0.39, 0.29) is 0 Å². The molecule has 0 radical (unpaired) electrons. The minimum absolute atomic E-state index is 0.505. The molecule has 0 aromatic rings. The molecule has 0 amide bonds. The second kappa shape index (κ2) is 4.48. The molecule has 1 unspecified atom stereocenters. The minimum Gasteiger partial charge on any atom is -0.328 e. The molecular weight excluding hydrogens is 242 g/mol. The van der Waals surface area contributed by atoms with E-state index in [0.717, 1.165) is 29.1 Å². The average molecular weight is 275 g/mol. The third-order valence-corrected chi connectivity index (χ3v) is 8.49. The molecule has 114 valence electrons. The summed E-state index contributed by atoms with van der Waals surface area (Å²) in [6.45, 7) is 5.27. The van der Waals surface area contributed by atoms with Gasteiger partial charge in [0.2, 0.25) is 0 Å². The first-order chi connectivity index (χ1) is 9.53. The van der Waals surface area contributed by atoms with E-state index in [1.165, 1.54) is 64.2 Å². The third kappa shape index (κ3) is 1.77. The summed E-state index contributed by atoms with van der Waals surface area (Å²) in [5, 5.41) is 0. The predicted molar refractivity (Wildman–Crippen MR) is 84.3 cm³/mol. The number of hydrogen-bond donors (Lipinski definition) is 1. The highest BCUT2D eigenvalue weighted by atomic mass is 14.7. The van der Waals surface area contributed by atoms with Crippen molar-refractivity contribution < 1.29 is 0 Å². The fourth-order valence-electron chi connectivity index (χ4n) is 7.28. The van der Waals surface area contributed by atoms with Crippen LogP contribution in [0.2, 0.25) is 0 Å². The standard InChI is InChI=1S/C19H33N/c1-18-9-3-4-16(18)15-6-5-13-12-14(20)7-11-19(13,2)17(15)8-10-18/h13-17H,3-12,20H2,1-2H3/t13-,14?,15-,16-,17-,18-,19-/m0/s1. The lowest BCUT2D eigenvalue weighted by molar-refractivity contribution is -0.105. The van der Waals surface area contributed by atoms with Crippen LogP contribution in [0.15, 0.2) is 0 Å². The molecule has 0 bridgehead atoms. The Morgan fingerprint density at radius 2 is 1.70 bits per heavy atom. The summed E-state index contributed by atoms with van der Waals surface area (Å²) >= 11 is 0. The molecule has 2 N–H and O–H groups in total. The monoisotopic (exact) mass is 275 g/mol. The van der Waals surface area contributed by atoms with Gasteiger partial charge in [0.1, 0.15) is 0 Å². The van der Waals surface area contributed by atoms with Gasteiger partial charge < -0.3 is 5.73 Å². The van der Waals surface area contributed by atoms with Crippen molar-refractivity contribution in [2.24, 2.45) is 40.2 Å². The molecular formula is C19H33N. The number of hydrogen-bond acceptors (Lipinski definition) is 1. The van der Waals surface area contributed by atoms with Crippen LogP contribution in [0.1, 0.15) is 78.1 Å². The molecule has 4 fully saturated rings. The summed E-state index contributed by atoms with van der Waals surface area (Å²) in [6.07, 6.45) is 14.7. The largest absolute Gasteiger partial charge is 0.328 e. The van der Waals surface area contributed by atoms with Gasteiger partial charge in [0, 0.05) is 6.04 Å². The molecule has 0 aromatic carbocycles. The first kappa shape index (κ1) is 13.6. The summed E-state index contributed by atoms with van der Waals surface area (Å²) in [4.78, 5) is 0. The fraction of sp³-hybridized carbons (Fsp3) is 1.00. The Morgan fingerprint density at radius 1 is 0.850 bits per heavy atom. The van der Waals surface area contributed by atoms with Crippen LogP contribution in [0.25, 0.3) is 0 Å². The summed E-state index contributed by atoms with van der Waals surface area (Å²) in [7, 11) is 0. The van der Waals surface area contributed by atoms with Crippen LogP contribution in [0, 0.1) is 34.5 Å². The lowest BCUT2D eigenvalue weighted by Gasteiger charge is -2.60. The molecule has 0 aliphatic heterocycles. The quantitative estimate of drug-likeness (QED) is 0.678. The molecule has 7 atom stereocenters. The van der Waals surface area contributed by atoms with Crippen LogP contribution in [0.3, 0.4) is 0 Å². The van der Waals surface area contributed by atoms with Crippen LogP contribution < -0.4 is 5.73 Å². The van der Waals surface area contributed by atoms with Crippen molar-refractivity contribution in [1.82, 2.24) is 0 Å². The van der Waals surface area contributed by atoms with Gasteiger partial charge in [-0.2, -0.15) is 0 Å². The molecule has 4 saturated carbocycles. The van der Waals surface area contributed by atoms with Crippen molar-refractivity contribution in [2.45, 2.75) is 84.1 Å². The maximum atomic E-state index is 6.28. The molecule has 1 heteroatoms. The van der Waals surface area contributed by atoms with Gasteiger partial charge in [-0.1, -0.05) is 20.3 Å². The zero-order chi connectivity index (χ0) is 14.0. The Kier molecular flexibility index (Phi) is 3.05. The van der Waals surface area contributed by atoms with Crippen LogP contribution >= 0.6 is 0 Å². The number of fused-ring (bicyclic) bond motifs is 5. The van der Waals surface area contributed by atoms with Crippen LogP contribution in [0.4, 0.5) is 0 Å². The van der Waals surface area contributed by atoms with E-state index in [1.54, 1.807) is 0 Å². The van der Waals surface area contributed by atoms with E-state index in [9.17, 15) is 0 Å². The Hall–Kier alpha value is -0.0400. The van der Waals surface area contributed by atoms with Gasteiger partial charge in [0.05, 0.1) is 0 Å². The SMILES string of the molecule is C[C@@]12CCC[C@H]1[C@@H]1CC[C@H]3CC(N)CC[C@]3(C)[C@H]1CC2. The number of nitrogens with two attached hydrogens (primary N) is 1. The maximum Gasteiger partial charge on any atom is 0.00418 e. The zero-order valence-corrected chi connectivity index (χ0v) is 13.5. The van der Waals surface area contributed by atoms with Gasteiger partial charge in [-0.05, 0) is 92.3 Å². The molecule has 1 nitrogen and oxygen atoms in total. The molecule has 4 aliphatic carbocycles. The Bertz CT molecular complexity index is 391. The van der Waals surface area contributed by atoms with Crippen LogP contribution in [-0.2, 0) is 0 Å². The second-order valence-electron chi connectivity index (χ2n) is 9.28. The van der Waals surface area contributed by atoms with E-state index < -0.39 is 0 Å². The lowest BCUT2D eigenvalue weighted by Crippen LogP contribution is -2.53. The van der Waals surface area contributed by atoms with Gasteiger partial charge >= 0.3 is 0 Å². The maximum absolute atomic E-state index is 6.28. The van der Waals surface area contributed by atoms with Crippen molar-refractivity contribution in [3.8, 4) is 0 Å². The smallest absolute Gasteiger partial charge is 0.00418 e. The molecule has 20 heavy (non-hydrogen) atoms. The topological polar surface area (TPSA) is 26.0 Å². The zero-order valence-electron chi connectivity index (χ0n) is 13.5. The highest BCUT2D eigenvalue weighted by molar-refractivity contribution is 5.07. The summed E-state index contributed by atoms with van der Waals surface area (Å²) < 4.78 is 0. The van der Waals surface area contributed by atoms with Crippen molar-refractivity contribution in [1.29, 1.82) is 0 Å². The Balaban J connectivity index is 1.62. The van der Waals surface area contributed by atoms with E-state index >= 15 is 0 Å². The van der Waals surface area contributed by atoms with Crippen molar-refractivity contribution in [3.63, 3.8) is 0 Å². The molecule has 0 heterocycles. The highest BCUT2D eigenvalue weighted by Crippen LogP contribution is 2.66. The molecule has 0 spiro atoms. The van der Waals surface area contributed by atoms with Crippen LogP contribution in [-0.4, -0.2) is 6.04 Å². The number of rotatable bonds is 0. The summed E-state index contributed by atoms with van der Waals surface area (Å²) in [5.41, 5.74) is 7.63. The van der Waals surface area contributed by atoms with Gasteiger partial charge in [-0.3, -0.25) is 0 Å². The molecule has 0 aromatic heterocycles. The third-order valence-electron chi connectivity index (χ3n) is 8.49. The van der Waals surface area contributed by atoms with Crippen molar-refractivity contribution in [3.05, 3.63) is 0 Å². The average Bonchev–Trinajstić information content (AvgIpc) is 2.81.